The Morgan fingerprint density at radius 1 is 1.09 bits per heavy atom. The summed E-state index contributed by atoms with van der Waals surface area (Å²) in [7, 11) is -1.11. The maximum Gasteiger partial charge on any atom is 0.228 e. The Kier molecular flexibility index (Phi) is 8.16. The normalized spacial score (nSPS) is 12.1. The molecule has 3 rings (SSSR count). The van der Waals surface area contributed by atoms with Crippen LogP contribution in [-0.4, -0.2) is 21.4 Å². The van der Waals surface area contributed by atoms with Crippen LogP contribution in [0.25, 0.3) is 11.1 Å². The summed E-state index contributed by atoms with van der Waals surface area (Å²) in [5.74, 6) is 0.297. The first-order chi connectivity index (χ1) is 15.7. The molecule has 0 aliphatic heterocycles. The van der Waals surface area contributed by atoms with Gasteiger partial charge in [-0.05, 0) is 66.6 Å². The molecule has 0 bridgehead atoms. The van der Waals surface area contributed by atoms with Crippen LogP contribution in [-0.2, 0) is 35.0 Å². The van der Waals surface area contributed by atoms with Crippen molar-refractivity contribution >= 4 is 22.4 Å². The van der Waals surface area contributed by atoms with E-state index >= 15 is 0 Å². The second kappa shape index (κ2) is 10.9. The highest BCUT2D eigenvalue weighted by molar-refractivity contribution is 7.84. The van der Waals surface area contributed by atoms with Gasteiger partial charge in [0, 0.05) is 45.6 Å². The zero-order valence-electron chi connectivity index (χ0n) is 20.1. The van der Waals surface area contributed by atoms with Crippen LogP contribution < -0.4 is 11.1 Å². The Bertz CT molecular complexity index is 1170. The van der Waals surface area contributed by atoms with Gasteiger partial charge in [-0.3, -0.25) is 14.0 Å². The Hall–Kier alpha value is -2.83. The Morgan fingerprint density at radius 2 is 1.79 bits per heavy atom. The van der Waals surface area contributed by atoms with Gasteiger partial charge < -0.3 is 11.1 Å². The topological polar surface area (TPSA) is 85.1 Å². The summed E-state index contributed by atoms with van der Waals surface area (Å²) in [6.07, 6.45) is 2.63. The van der Waals surface area contributed by atoms with Gasteiger partial charge in [-0.15, -0.1) is 0 Å². The van der Waals surface area contributed by atoms with E-state index in [9.17, 15) is 9.00 Å². The number of anilines is 1. The summed E-state index contributed by atoms with van der Waals surface area (Å²) >= 11 is 0. The van der Waals surface area contributed by atoms with E-state index in [4.69, 9.17) is 10.7 Å². The number of aryl methyl sites for hydroxylation is 2. The van der Waals surface area contributed by atoms with E-state index in [0.29, 0.717) is 23.0 Å². The average molecular weight is 464 g/mol. The standard InChI is InChI=1S/C27H33N3O2S/c1-17(2)13-25-24(16-28)27(20-11-9-18(3)10-12-20)23(19(4)29-25)15-26(31)30-21-7-6-8-22(14-21)33(5)32/h6-12,14,17H,13,15-16,28H2,1-5H3,(H,30,31). The molecule has 3 aromatic rings. The second-order valence-electron chi connectivity index (χ2n) is 8.85. The molecule has 1 atom stereocenters. The molecule has 2 aromatic carbocycles. The predicted molar refractivity (Wildman–Crippen MR) is 137 cm³/mol. The van der Waals surface area contributed by atoms with E-state index in [1.165, 1.54) is 5.56 Å². The largest absolute Gasteiger partial charge is 0.326 e. The van der Waals surface area contributed by atoms with Gasteiger partial charge in [-0.2, -0.15) is 0 Å². The number of carbonyl (C=O) groups is 1. The molecule has 0 aliphatic carbocycles. The van der Waals surface area contributed by atoms with Crippen LogP contribution in [0.5, 0.6) is 0 Å². The van der Waals surface area contributed by atoms with Gasteiger partial charge in [-0.25, -0.2) is 0 Å². The van der Waals surface area contributed by atoms with Crippen LogP contribution in [0.4, 0.5) is 5.69 Å². The highest BCUT2D eigenvalue weighted by atomic mass is 32.2. The highest BCUT2D eigenvalue weighted by Gasteiger charge is 2.21. The molecule has 1 aromatic heterocycles. The first-order valence-electron chi connectivity index (χ1n) is 11.2. The molecule has 1 amide bonds. The summed E-state index contributed by atoms with van der Waals surface area (Å²) in [5.41, 5.74) is 13.8. The molecule has 0 radical (unpaired) electrons. The van der Waals surface area contributed by atoms with Crippen LogP contribution in [0, 0.1) is 19.8 Å². The van der Waals surface area contributed by atoms with Crippen LogP contribution in [0.15, 0.2) is 53.4 Å². The summed E-state index contributed by atoms with van der Waals surface area (Å²) in [5, 5.41) is 2.95. The lowest BCUT2D eigenvalue weighted by Gasteiger charge is -2.21. The van der Waals surface area contributed by atoms with E-state index in [2.05, 4.69) is 50.4 Å². The third-order valence-electron chi connectivity index (χ3n) is 5.62. The van der Waals surface area contributed by atoms with Crippen molar-refractivity contribution in [2.45, 2.75) is 52.0 Å². The molecule has 3 N–H and O–H groups in total. The number of hydrogen-bond donors (Lipinski definition) is 2. The second-order valence-corrected chi connectivity index (χ2v) is 10.2. The smallest absolute Gasteiger partial charge is 0.228 e. The minimum atomic E-state index is -1.11. The molecular weight excluding hydrogens is 430 g/mol. The van der Waals surface area contributed by atoms with Crippen LogP contribution in [0.1, 0.15) is 41.9 Å². The number of hydrogen-bond acceptors (Lipinski definition) is 4. The molecule has 5 nitrogen and oxygen atoms in total. The fraction of sp³-hybridized carbons (Fsp3) is 0.333. The van der Waals surface area contributed by atoms with Crippen molar-refractivity contribution in [3.8, 4) is 11.1 Å². The summed E-state index contributed by atoms with van der Waals surface area (Å²) < 4.78 is 11.8. The van der Waals surface area contributed by atoms with Gasteiger partial charge >= 0.3 is 0 Å². The lowest BCUT2D eigenvalue weighted by molar-refractivity contribution is -0.115. The fourth-order valence-corrected chi connectivity index (χ4v) is 4.59. The minimum Gasteiger partial charge on any atom is -0.326 e. The lowest BCUT2D eigenvalue weighted by Crippen LogP contribution is -2.19. The molecule has 0 saturated heterocycles. The number of nitrogens with one attached hydrogen (secondary N) is 1. The molecule has 6 heteroatoms. The third-order valence-corrected chi connectivity index (χ3v) is 6.54. The Balaban J connectivity index is 2.04. The first-order valence-corrected chi connectivity index (χ1v) is 12.8. The SMILES string of the molecule is Cc1ccc(-c2c(CC(=O)Nc3cccc(S(C)=O)c3)c(C)nc(CC(C)C)c2CN)cc1. The maximum absolute atomic E-state index is 13.1. The average Bonchev–Trinajstić information content (AvgIpc) is 2.75. The Labute approximate surface area is 199 Å². The van der Waals surface area contributed by atoms with Crippen LogP contribution in [0.2, 0.25) is 0 Å². The van der Waals surface area contributed by atoms with Crippen molar-refractivity contribution in [2.75, 3.05) is 11.6 Å². The molecule has 0 saturated carbocycles. The fourth-order valence-electron chi connectivity index (χ4n) is 4.02. The third kappa shape index (κ3) is 6.15. The number of benzene rings is 2. The zero-order chi connectivity index (χ0) is 24.1. The van der Waals surface area contributed by atoms with Gasteiger partial charge in [0.15, 0.2) is 0 Å². The lowest BCUT2D eigenvalue weighted by atomic mass is 9.88. The number of pyridine rings is 1. The zero-order valence-corrected chi connectivity index (χ0v) is 20.9. The Morgan fingerprint density at radius 3 is 2.39 bits per heavy atom. The first kappa shape index (κ1) is 24.8. The molecule has 33 heavy (non-hydrogen) atoms. The van der Waals surface area contributed by atoms with Gasteiger partial charge in [0.2, 0.25) is 5.91 Å². The summed E-state index contributed by atoms with van der Waals surface area (Å²) in [4.78, 5) is 18.6. The van der Waals surface area contributed by atoms with Crippen molar-refractivity contribution in [3.63, 3.8) is 0 Å². The molecular formula is C27H33N3O2S. The van der Waals surface area contributed by atoms with Crippen LogP contribution >= 0.6 is 0 Å². The van der Waals surface area contributed by atoms with Crippen molar-refractivity contribution in [2.24, 2.45) is 11.7 Å². The van der Waals surface area contributed by atoms with Gasteiger partial charge in [0.05, 0.1) is 6.42 Å². The van der Waals surface area contributed by atoms with Gasteiger partial charge in [-0.1, -0.05) is 49.7 Å². The number of rotatable bonds is 8. The van der Waals surface area contributed by atoms with Crippen molar-refractivity contribution in [3.05, 3.63) is 76.6 Å². The highest BCUT2D eigenvalue weighted by Crippen LogP contribution is 2.33. The quantitative estimate of drug-likeness (QED) is 0.495. The predicted octanol–water partition coefficient (Wildman–Crippen LogP) is 4.94. The molecule has 174 valence electrons. The molecule has 0 aliphatic rings. The molecule has 0 spiro atoms. The number of nitrogens with two attached hydrogens (primary N) is 1. The van der Waals surface area contributed by atoms with E-state index in [1.54, 1.807) is 30.5 Å². The van der Waals surface area contributed by atoms with Crippen molar-refractivity contribution in [1.82, 2.24) is 4.98 Å². The maximum atomic E-state index is 13.1. The number of carbonyl (C=O) groups excluding carboxylic acids is 1. The number of aromatic nitrogens is 1. The van der Waals surface area contributed by atoms with E-state index in [-0.39, 0.29) is 12.3 Å². The molecule has 0 fully saturated rings. The van der Waals surface area contributed by atoms with Crippen LogP contribution in [0.3, 0.4) is 0 Å². The monoisotopic (exact) mass is 463 g/mol. The summed E-state index contributed by atoms with van der Waals surface area (Å²) in [6.45, 7) is 8.72. The van der Waals surface area contributed by atoms with E-state index < -0.39 is 10.8 Å². The van der Waals surface area contributed by atoms with Crippen molar-refractivity contribution < 1.29 is 9.00 Å². The molecule has 1 unspecified atom stereocenters. The van der Waals surface area contributed by atoms with E-state index in [0.717, 1.165) is 40.1 Å². The van der Waals surface area contributed by atoms with Gasteiger partial charge in [0.25, 0.3) is 0 Å². The molecule has 1 heterocycles. The van der Waals surface area contributed by atoms with E-state index in [1.807, 2.05) is 6.92 Å². The van der Waals surface area contributed by atoms with Gasteiger partial charge in [0.1, 0.15) is 0 Å². The van der Waals surface area contributed by atoms with Crippen molar-refractivity contribution in [1.29, 1.82) is 0 Å². The number of nitrogens with zero attached hydrogens (tertiary/aromatic N) is 1. The minimum absolute atomic E-state index is 0.146. The summed E-state index contributed by atoms with van der Waals surface area (Å²) in [6, 6.07) is 15.5. The number of amides is 1.